The van der Waals surface area contributed by atoms with E-state index in [1.165, 1.54) is 68.9 Å². The molecule has 1 saturated heterocycles. The van der Waals surface area contributed by atoms with Gasteiger partial charge in [0.15, 0.2) is 0 Å². The van der Waals surface area contributed by atoms with E-state index < -0.39 is 0 Å². The lowest BCUT2D eigenvalue weighted by Gasteiger charge is -2.44. The maximum atomic E-state index is 3.57. The lowest BCUT2D eigenvalue weighted by Crippen LogP contribution is -2.46. The van der Waals surface area contributed by atoms with Crippen LogP contribution >= 0.6 is 15.9 Å². The van der Waals surface area contributed by atoms with E-state index in [1.54, 1.807) is 5.56 Å². The maximum absolute atomic E-state index is 3.57. The van der Waals surface area contributed by atoms with Gasteiger partial charge in [0.2, 0.25) is 0 Å². The fourth-order valence-electron chi connectivity index (χ4n) is 4.55. The Hall–Kier alpha value is -0.340. The molecule has 21 heavy (non-hydrogen) atoms. The van der Waals surface area contributed by atoms with Crippen molar-refractivity contribution in [3.05, 3.63) is 34.3 Å². The molecule has 2 heteroatoms. The molecule has 1 aromatic carbocycles. The van der Waals surface area contributed by atoms with Crippen LogP contribution in [0.3, 0.4) is 0 Å². The molecule has 0 amide bonds. The predicted molar refractivity (Wildman–Crippen MR) is 93.8 cm³/mol. The Morgan fingerprint density at radius 2 is 1.71 bits per heavy atom. The SMILES string of the molecule is CCCC1(c2ccc(Br)cc2)CCN(C2CCCC2)CC1. The molecular weight excluding hydrogens is 322 g/mol. The second-order valence-electron chi connectivity index (χ2n) is 7.01. The molecule has 2 aliphatic rings. The van der Waals surface area contributed by atoms with Gasteiger partial charge in [-0.15, -0.1) is 0 Å². The van der Waals surface area contributed by atoms with E-state index >= 15 is 0 Å². The molecule has 0 N–H and O–H groups in total. The van der Waals surface area contributed by atoms with Crippen LogP contribution in [0.2, 0.25) is 0 Å². The molecule has 1 nitrogen and oxygen atoms in total. The first-order chi connectivity index (χ1) is 10.2. The molecule has 1 aliphatic heterocycles. The van der Waals surface area contributed by atoms with E-state index in [0.717, 1.165) is 6.04 Å². The minimum Gasteiger partial charge on any atom is -0.300 e. The monoisotopic (exact) mass is 349 g/mol. The minimum atomic E-state index is 0.435. The van der Waals surface area contributed by atoms with E-state index in [9.17, 15) is 0 Å². The normalized spacial score (nSPS) is 23.5. The van der Waals surface area contributed by atoms with Crippen molar-refractivity contribution in [2.45, 2.75) is 69.7 Å². The second-order valence-corrected chi connectivity index (χ2v) is 7.93. The highest BCUT2D eigenvalue weighted by atomic mass is 79.9. The van der Waals surface area contributed by atoms with Gasteiger partial charge in [-0.3, -0.25) is 0 Å². The van der Waals surface area contributed by atoms with Crippen LogP contribution in [0.1, 0.15) is 63.9 Å². The summed E-state index contributed by atoms with van der Waals surface area (Å²) in [5.41, 5.74) is 2.00. The molecule has 0 atom stereocenters. The molecule has 3 rings (SSSR count). The van der Waals surface area contributed by atoms with Gasteiger partial charge in [0, 0.05) is 10.5 Å². The topological polar surface area (TPSA) is 3.24 Å². The van der Waals surface area contributed by atoms with Crippen molar-refractivity contribution in [1.82, 2.24) is 4.90 Å². The zero-order valence-electron chi connectivity index (χ0n) is 13.3. The zero-order chi connectivity index (χ0) is 14.7. The van der Waals surface area contributed by atoms with Crippen molar-refractivity contribution in [2.75, 3.05) is 13.1 Å². The van der Waals surface area contributed by atoms with Crippen LogP contribution in [0.15, 0.2) is 28.7 Å². The molecule has 0 radical (unpaired) electrons. The number of benzene rings is 1. The van der Waals surface area contributed by atoms with Gasteiger partial charge in [-0.2, -0.15) is 0 Å². The average molecular weight is 350 g/mol. The molecule has 1 aliphatic carbocycles. The lowest BCUT2D eigenvalue weighted by atomic mass is 9.69. The average Bonchev–Trinajstić information content (AvgIpc) is 3.03. The second kappa shape index (κ2) is 6.83. The summed E-state index contributed by atoms with van der Waals surface area (Å²) in [6.07, 6.45) is 11.1. The zero-order valence-corrected chi connectivity index (χ0v) is 14.9. The van der Waals surface area contributed by atoms with Crippen molar-refractivity contribution >= 4 is 15.9 Å². The van der Waals surface area contributed by atoms with Gasteiger partial charge in [0.25, 0.3) is 0 Å². The minimum absolute atomic E-state index is 0.435. The van der Waals surface area contributed by atoms with Crippen molar-refractivity contribution in [1.29, 1.82) is 0 Å². The van der Waals surface area contributed by atoms with Crippen molar-refractivity contribution in [2.24, 2.45) is 0 Å². The maximum Gasteiger partial charge on any atom is 0.0175 e. The fourth-order valence-corrected chi connectivity index (χ4v) is 4.82. The Morgan fingerprint density at radius 3 is 2.29 bits per heavy atom. The van der Waals surface area contributed by atoms with Gasteiger partial charge in [0.05, 0.1) is 0 Å². The summed E-state index contributed by atoms with van der Waals surface area (Å²) < 4.78 is 1.20. The van der Waals surface area contributed by atoms with Crippen molar-refractivity contribution in [3.63, 3.8) is 0 Å². The third kappa shape index (κ3) is 3.37. The quantitative estimate of drug-likeness (QED) is 0.691. The van der Waals surface area contributed by atoms with Gasteiger partial charge in [0.1, 0.15) is 0 Å². The van der Waals surface area contributed by atoms with E-state index in [0.29, 0.717) is 5.41 Å². The third-order valence-electron chi connectivity index (χ3n) is 5.78. The number of halogens is 1. The first kappa shape index (κ1) is 15.6. The van der Waals surface area contributed by atoms with Crippen LogP contribution in [0.4, 0.5) is 0 Å². The number of likely N-dealkylation sites (tertiary alicyclic amines) is 1. The molecular formula is C19H28BrN. The Bertz CT molecular complexity index is 439. The third-order valence-corrected chi connectivity index (χ3v) is 6.31. The van der Waals surface area contributed by atoms with Crippen LogP contribution in [0.25, 0.3) is 0 Å². The van der Waals surface area contributed by atoms with E-state index in [-0.39, 0.29) is 0 Å². The Morgan fingerprint density at radius 1 is 1.10 bits per heavy atom. The molecule has 1 saturated carbocycles. The molecule has 1 aromatic rings. The van der Waals surface area contributed by atoms with E-state index in [2.05, 4.69) is 52.0 Å². The summed E-state index contributed by atoms with van der Waals surface area (Å²) in [4.78, 5) is 2.79. The number of hydrogen-bond donors (Lipinski definition) is 0. The Labute approximate surface area is 138 Å². The Balaban J connectivity index is 1.72. The highest BCUT2D eigenvalue weighted by Crippen LogP contribution is 2.41. The van der Waals surface area contributed by atoms with Crippen molar-refractivity contribution < 1.29 is 0 Å². The summed E-state index contributed by atoms with van der Waals surface area (Å²) in [7, 11) is 0. The van der Waals surface area contributed by atoms with E-state index in [4.69, 9.17) is 0 Å². The molecule has 0 unspecified atom stereocenters. The standard InChI is InChI=1S/C19H28BrN/c1-2-11-19(16-7-9-17(20)10-8-16)12-14-21(15-13-19)18-5-3-4-6-18/h7-10,18H,2-6,11-15H2,1H3. The van der Waals surface area contributed by atoms with Crippen LogP contribution < -0.4 is 0 Å². The predicted octanol–water partition coefficient (Wildman–Crippen LogP) is 5.53. The van der Waals surface area contributed by atoms with Gasteiger partial charge in [-0.05, 0) is 68.3 Å². The summed E-state index contributed by atoms with van der Waals surface area (Å²) in [6.45, 7) is 4.95. The summed E-state index contributed by atoms with van der Waals surface area (Å²) in [6, 6.07) is 10.0. The lowest BCUT2D eigenvalue weighted by molar-refractivity contribution is 0.111. The fraction of sp³-hybridized carbons (Fsp3) is 0.684. The molecule has 0 bridgehead atoms. The highest BCUT2D eigenvalue weighted by Gasteiger charge is 2.37. The number of nitrogens with zero attached hydrogens (tertiary/aromatic N) is 1. The smallest absolute Gasteiger partial charge is 0.0175 e. The number of piperidine rings is 1. The van der Waals surface area contributed by atoms with E-state index in [1.807, 2.05) is 0 Å². The van der Waals surface area contributed by atoms with Crippen molar-refractivity contribution in [3.8, 4) is 0 Å². The molecule has 0 aromatic heterocycles. The summed E-state index contributed by atoms with van der Waals surface area (Å²) in [5.74, 6) is 0. The molecule has 2 fully saturated rings. The van der Waals surface area contributed by atoms with Gasteiger partial charge in [-0.25, -0.2) is 0 Å². The van der Waals surface area contributed by atoms with Crippen LogP contribution in [-0.2, 0) is 5.41 Å². The first-order valence-electron chi connectivity index (χ1n) is 8.74. The summed E-state index contributed by atoms with van der Waals surface area (Å²) >= 11 is 3.57. The van der Waals surface area contributed by atoms with Crippen LogP contribution in [0.5, 0.6) is 0 Å². The van der Waals surface area contributed by atoms with Crippen LogP contribution in [0, 0.1) is 0 Å². The highest BCUT2D eigenvalue weighted by molar-refractivity contribution is 9.10. The number of hydrogen-bond acceptors (Lipinski definition) is 1. The Kier molecular flexibility index (Phi) is 5.06. The first-order valence-corrected chi connectivity index (χ1v) is 9.53. The van der Waals surface area contributed by atoms with Gasteiger partial charge >= 0.3 is 0 Å². The molecule has 116 valence electrons. The number of rotatable bonds is 4. The van der Waals surface area contributed by atoms with Gasteiger partial charge < -0.3 is 4.90 Å². The van der Waals surface area contributed by atoms with Gasteiger partial charge in [-0.1, -0.05) is 54.2 Å². The molecule has 1 heterocycles. The largest absolute Gasteiger partial charge is 0.300 e. The molecule has 0 spiro atoms. The summed E-state index contributed by atoms with van der Waals surface area (Å²) in [5, 5.41) is 0. The van der Waals surface area contributed by atoms with Crippen LogP contribution in [-0.4, -0.2) is 24.0 Å².